The van der Waals surface area contributed by atoms with E-state index in [-0.39, 0.29) is 18.4 Å². The van der Waals surface area contributed by atoms with Crippen molar-refractivity contribution < 1.29 is 10.2 Å². The van der Waals surface area contributed by atoms with Crippen molar-refractivity contribution >= 4 is 0 Å². The Hall–Kier alpha value is -1.53. The highest BCUT2D eigenvalue weighted by molar-refractivity contribution is 5.26. The first kappa shape index (κ1) is 9.56. The largest absolute Gasteiger partial charge is 0.508 e. The zero-order valence-corrected chi connectivity index (χ0v) is 7.22. The Kier molecular flexibility index (Phi) is 3.30. The van der Waals surface area contributed by atoms with Gasteiger partial charge in [0.15, 0.2) is 0 Å². The molecule has 0 radical (unpaired) electrons. The average molecular weight is 178 g/mol. The second-order valence-corrected chi connectivity index (χ2v) is 2.86. The van der Waals surface area contributed by atoms with E-state index in [2.05, 4.69) is 4.85 Å². The predicted octanol–water partition coefficient (Wildman–Crippen LogP) is 1.26. The van der Waals surface area contributed by atoms with Gasteiger partial charge in [0, 0.05) is 0 Å². The van der Waals surface area contributed by atoms with Gasteiger partial charge in [0.2, 0.25) is 0 Å². The summed E-state index contributed by atoms with van der Waals surface area (Å²) in [6.07, 6.45) is 0.591. The van der Waals surface area contributed by atoms with Crippen molar-refractivity contribution in [3.05, 3.63) is 34.7 Å². The number of rotatable bonds is 3. The van der Waals surface area contributed by atoms with Crippen LogP contribution in [-0.4, -0.2) is 22.9 Å². The predicted molar refractivity (Wildman–Crippen MR) is 51.0 cm³/mol. The van der Waals surface area contributed by atoms with Gasteiger partial charge >= 0.3 is 0 Å². The summed E-state index contributed by atoms with van der Waals surface area (Å²) in [4.78, 5) is 3.51. The molecule has 0 saturated carbocycles. The van der Waals surface area contributed by atoms with Gasteiger partial charge in [-0.2, -0.15) is 0 Å². The molecule has 1 atom stereocenters. The average Bonchev–Trinajstić information content (AvgIpc) is 2.17. The van der Waals surface area contributed by atoms with E-state index < -0.39 is 0 Å². The second-order valence-electron chi connectivity index (χ2n) is 2.86. The molecule has 68 valence electrons. The van der Waals surface area contributed by atoms with Crippen LogP contribution in [0.5, 0.6) is 5.75 Å². The molecule has 0 heterocycles. The minimum Gasteiger partial charge on any atom is -0.508 e. The third-order valence-corrected chi connectivity index (χ3v) is 1.83. The molecule has 0 aliphatic rings. The molecule has 0 bridgehead atoms. The standard InChI is InChI=1S/C10H11NO2/c1-11-9(7-12)6-8-2-4-10(13)5-3-8/h1-5,9,12H,6-7H2/p+1. The summed E-state index contributed by atoms with van der Waals surface area (Å²) < 4.78 is 0. The molecule has 1 unspecified atom stereocenters. The smallest absolute Gasteiger partial charge is 0.298 e. The molecule has 1 aromatic carbocycles. The normalized spacial score (nSPS) is 12.0. The summed E-state index contributed by atoms with van der Waals surface area (Å²) in [6, 6.07) is 6.50. The van der Waals surface area contributed by atoms with Crippen molar-refractivity contribution in [3.63, 3.8) is 0 Å². The molecule has 0 amide bonds. The number of hydrogen-bond donors (Lipinski definition) is 2. The Labute approximate surface area is 77.1 Å². The molecule has 0 aromatic heterocycles. The molecule has 13 heavy (non-hydrogen) atoms. The van der Waals surface area contributed by atoms with Gasteiger partial charge in [0.25, 0.3) is 12.6 Å². The van der Waals surface area contributed by atoms with Gasteiger partial charge in [0.05, 0.1) is 6.42 Å². The summed E-state index contributed by atoms with van der Waals surface area (Å²) in [7, 11) is 0. The quantitative estimate of drug-likeness (QED) is 0.731. The maximum absolute atomic E-state index is 9.01. The second kappa shape index (κ2) is 4.48. The lowest BCUT2D eigenvalue weighted by atomic mass is 10.1. The van der Waals surface area contributed by atoms with Crippen LogP contribution in [0.4, 0.5) is 0 Å². The van der Waals surface area contributed by atoms with E-state index in [0.717, 1.165) is 5.56 Å². The SMILES string of the molecule is C#[N+]C(CO)Cc1ccc(O)cc1. The number of benzene rings is 1. The van der Waals surface area contributed by atoms with Crippen LogP contribution in [0.1, 0.15) is 5.56 Å². The molecule has 0 aliphatic heterocycles. The van der Waals surface area contributed by atoms with Gasteiger partial charge in [-0.1, -0.05) is 17.0 Å². The zero-order valence-electron chi connectivity index (χ0n) is 7.22. The fraction of sp³-hybridized carbons (Fsp3) is 0.300. The van der Waals surface area contributed by atoms with E-state index in [1.54, 1.807) is 24.3 Å². The number of aliphatic hydroxyl groups is 1. The lowest BCUT2D eigenvalue weighted by Gasteiger charge is -1.99. The summed E-state index contributed by atoms with van der Waals surface area (Å²) in [6.45, 7) is 5.02. The van der Waals surface area contributed by atoms with Gasteiger partial charge < -0.3 is 10.2 Å². The molecule has 0 fully saturated rings. The number of aromatic hydroxyl groups is 1. The molecule has 2 N–H and O–H groups in total. The van der Waals surface area contributed by atoms with Crippen molar-refractivity contribution in [1.29, 1.82) is 0 Å². The van der Waals surface area contributed by atoms with Gasteiger partial charge in [0.1, 0.15) is 12.4 Å². The van der Waals surface area contributed by atoms with Crippen molar-refractivity contribution in [2.24, 2.45) is 0 Å². The van der Waals surface area contributed by atoms with Crippen LogP contribution >= 0.6 is 0 Å². The Bertz CT molecular complexity index is 300. The van der Waals surface area contributed by atoms with Gasteiger partial charge in [-0.25, -0.2) is 0 Å². The number of aliphatic hydroxyl groups excluding tert-OH is 1. The first-order valence-electron chi connectivity index (χ1n) is 4.05. The van der Waals surface area contributed by atoms with Gasteiger partial charge in [-0.3, -0.25) is 0 Å². The maximum atomic E-state index is 9.01. The van der Waals surface area contributed by atoms with Crippen LogP contribution in [0.25, 0.3) is 4.85 Å². The van der Waals surface area contributed by atoms with E-state index in [1.165, 1.54) is 0 Å². The van der Waals surface area contributed by atoms with Crippen LogP contribution in [0.15, 0.2) is 24.3 Å². The molecule has 3 heteroatoms. The first-order chi connectivity index (χ1) is 6.26. The Morgan fingerprint density at radius 3 is 2.38 bits per heavy atom. The fourth-order valence-corrected chi connectivity index (χ4v) is 1.07. The number of phenolic OH excluding ortho intramolecular Hbond substituents is 1. The van der Waals surface area contributed by atoms with E-state index >= 15 is 0 Å². The van der Waals surface area contributed by atoms with Crippen LogP contribution in [0.3, 0.4) is 0 Å². The maximum Gasteiger partial charge on any atom is 0.298 e. The summed E-state index contributed by atoms with van der Waals surface area (Å²) in [5.41, 5.74) is 0.992. The molecule has 0 spiro atoms. The lowest BCUT2D eigenvalue weighted by Crippen LogP contribution is -2.11. The van der Waals surface area contributed by atoms with E-state index in [0.29, 0.717) is 6.42 Å². The van der Waals surface area contributed by atoms with E-state index in [4.69, 9.17) is 16.8 Å². The van der Waals surface area contributed by atoms with Crippen LogP contribution in [-0.2, 0) is 6.42 Å². The minimum atomic E-state index is -0.260. The monoisotopic (exact) mass is 178 g/mol. The molecule has 1 aromatic rings. The Balaban J connectivity index is 2.64. The lowest BCUT2D eigenvalue weighted by molar-refractivity contribution is 0.280. The third-order valence-electron chi connectivity index (χ3n) is 1.83. The van der Waals surface area contributed by atoms with Crippen LogP contribution < -0.4 is 0 Å². The highest BCUT2D eigenvalue weighted by Gasteiger charge is 2.14. The van der Waals surface area contributed by atoms with Gasteiger partial charge in [-0.05, 0) is 17.7 Å². The summed E-state index contributed by atoms with van der Waals surface area (Å²) in [5, 5.41) is 17.8. The zero-order chi connectivity index (χ0) is 9.68. The molecular formula is C10H12NO2+. The summed E-state index contributed by atoms with van der Waals surface area (Å²) in [5.74, 6) is 0.231. The third kappa shape index (κ3) is 2.77. The van der Waals surface area contributed by atoms with E-state index in [9.17, 15) is 0 Å². The topological polar surface area (TPSA) is 44.8 Å². The van der Waals surface area contributed by atoms with Gasteiger partial charge in [-0.15, -0.1) is 0 Å². The first-order valence-corrected chi connectivity index (χ1v) is 4.05. The fourth-order valence-electron chi connectivity index (χ4n) is 1.07. The van der Waals surface area contributed by atoms with Crippen LogP contribution in [0.2, 0.25) is 0 Å². The highest BCUT2D eigenvalue weighted by Crippen LogP contribution is 2.11. The molecular weight excluding hydrogens is 166 g/mol. The Morgan fingerprint density at radius 2 is 1.92 bits per heavy atom. The molecule has 0 aliphatic carbocycles. The Morgan fingerprint density at radius 1 is 1.31 bits per heavy atom. The van der Waals surface area contributed by atoms with Crippen molar-refractivity contribution in [2.45, 2.75) is 12.5 Å². The van der Waals surface area contributed by atoms with Crippen molar-refractivity contribution in [2.75, 3.05) is 6.61 Å². The summed E-state index contributed by atoms with van der Waals surface area (Å²) >= 11 is 0. The number of hydrogen-bond acceptors (Lipinski definition) is 2. The number of nitrogens with zero attached hydrogens (tertiary/aromatic N) is 1. The molecule has 1 rings (SSSR count). The van der Waals surface area contributed by atoms with E-state index in [1.807, 2.05) is 0 Å². The van der Waals surface area contributed by atoms with Crippen molar-refractivity contribution in [1.82, 2.24) is 0 Å². The minimum absolute atomic E-state index is 0.0582. The molecule has 0 saturated heterocycles. The van der Waals surface area contributed by atoms with Crippen molar-refractivity contribution in [3.8, 4) is 12.3 Å². The van der Waals surface area contributed by atoms with Crippen LogP contribution in [0, 0.1) is 6.57 Å². The number of phenols is 1. The molecule has 3 nitrogen and oxygen atoms in total. The highest BCUT2D eigenvalue weighted by atomic mass is 16.3.